The molecule has 0 aromatic carbocycles. The van der Waals surface area contributed by atoms with Crippen molar-refractivity contribution in [3.8, 4) is 0 Å². The van der Waals surface area contributed by atoms with Crippen molar-refractivity contribution in [1.82, 2.24) is 9.88 Å². The summed E-state index contributed by atoms with van der Waals surface area (Å²) in [5.74, 6) is 0.0992. The minimum atomic E-state index is 0. The second-order valence-electron chi connectivity index (χ2n) is 4.06. The smallest absolute Gasteiger partial charge is 0.254 e. The number of nitrogens with two attached hydrogens (primary N) is 1. The summed E-state index contributed by atoms with van der Waals surface area (Å²) in [6.07, 6.45) is 3.92. The van der Waals surface area contributed by atoms with E-state index in [0.717, 1.165) is 25.1 Å². The molecule has 1 aliphatic carbocycles. The van der Waals surface area contributed by atoms with Crippen molar-refractivity contribution in [3.05, 3.63) is 29.6 Å². The summed E-state index contributed by atoms with van der Waals surface area (Å²) >= 11 is 0. The van der Waals surface area contributed by atoms with Gasteiger partial charge in [-0.3, -0.25) is 9.78 Å². The minimum absolute atomic E-state index is 0. The monoisotopic (exact) mass is 255 g/mol. The molecule has 0 aliphatic heterocycles. The van der Waals surface area contributed by atoms with Crippen molar-refractivity contribution < 1.29 is 4.79 Å². The third-order valence-corrected chi connectivity index (χ3v) is 2.86. The van der Waals surface area contributed by atoms with E-state index >= 15 is 0 Å². The van der Waals surface area contributed by atoms with Gasteiger partial charge in [0.1, 0.15) is 0 Å². The van der Waals surface area contributed by atoms with E-state index in [1.165, 1.54) is 0 Å². The van der Waals surface area contributed by atoms with Gasteiger partial charge in [0.05, 0.1) is 5.69 Å². The molecule has 1 aromatic rings. The van der Waals surface area contributed by atoms with Crippen LogP contribution < -0.4 is 5.73 Å². The summed E-state index contributed by atoms with van der Waals surface area (Å²) in [7, 11) is 0. The maximum atomic E-state index is 12.2. The number of aromatic nitrogens is 1. The number of hydrogen-bond acceptors (Lipinski definition) is 3. The predicted molar refractivity (Wildman–Crippen MR) is 69.1 cm³/mol. The van der Waals surface area contributed by atoms with Crippen molar-refractivity contribution in [2.24, 2.45) is 5.73 Å². The Balaban J connectivity index is 0.00000144. The molecule has 1 heterocycles. The highest BCUT2D eigenvalue weighted by Crippen LogP contribution is 2.27. The van der Waals surface area contributed by atoms with E-state index in [-0.39, 0.29) is 18.3 Å². The van der Waals surface area contributed by atoms with Crippen LogP contribution in [0.25, 0.3) is 0 Å². The molecule has 1 aliphatic rings. The molecule has 94 valence electrons. The van der Waals surface area contributed by atoms with Crippen molar-refractivity contribution in [2.45, 2.75) is 32.4 Å². The molecule has 0 unspecified atom stereocenters. The Kier molecular flexibility index (Phi) is 4.90. The van der Waals surface area contributed by atoms with E-state index in [1.54, 1.807) is 18.3 Å². The Bertz CT molecular complexity index is 393. The van der Waals surface area contributed by atoms with E-state index in [2.05, 4.69) is 4.98 Å². The van der Waals surface area contributed by atoms with Crippen molar-refractivity contribution in [2.75, 3.05) is 6.54 Å². The normalized spacial score (nSPS) is 14.0. The molecule has 1 aromatic heterocycles. The molecule has 17 heavy (non-hydrogen) atoms. The molecule has 2 rings (SSSR count). The van der Waals surface area contributed by atoms with Crippen LogP contribution in [0, 0.1) is 0 Å². The van der Waals surface area contributed by atoms with Crippen LogP contribution in [0.15, 0.2) is 18.3 Å². The van der Waals surface area contributed by atoms with Gasteiger partial charge in [-0.15, -0.1) is 12.4 Å². The highest BCUT2D eigenvalue weighted by atomic mass is 35.5. The lowest BCUT2D eigenvalue weighted by molar-refractivity contribution is 0.0752. The van der Waals surface area contributed by atoms with E-state index in [4.69, 9.17) is 5.73 Å². The lowest BCUT2D eigenvalue weighted by atomic mass is 10.2. The molecule has 0 bridgehead atoms. The first-order valence-electron chi connectivity index (χ1n) is 5.72. The fraction of sp³-hybridized carbons (Fsp3) is 0.500. The average Bonchev–Trinajstić information content (AvgIpc) is 3.14. The maximum Gasteiger partial charge on any atom is 0.254 e. The summed E-state index contributed by atoms with van der Waals surface area (Å²) in [4.78, 5) is 18.2. The first-order chi connectivity index (χ1) is 7.76. The average molecular weight is 256 g/mol. The van der Waals surface area contributed by atoms with Crippen molar-refractivity contribution in [1.29, 1.82) is 0 Å². The Morgan fingerprint density at radius 1 is 1.59 bits per heavy atom. The Morgan fingerprint density at radius 2 is 2.29 bits per heavy atom. The second kappa shape index (κ2) is 5.98. The molecule has 0 spiro atoms. The van der Waals surface area contributed by atoms with Crippen LogP contribution in [0.1, 0.15) is 35.8 Å². The number of pyridine rings is 1. The fourth-order valence-electron chi connectivity index (χ4n) is 1.84. The molecule has 0 saturated heterocycles. The fourth-order valence-corrected chi connectivity index (χ4v) is 1.84. The predicted octanol–water partition coefficient (Wildman–Crippen LogP) is 1.59. The SMILES string of the molecule is CCN(C(=O)c1ccnc(CN)c1)C1CC1.Cl. The van der Waals surface area contributed by atoms with Crippen molar-refractivity contribution in [3.63, 3.8) is 0 Å². The molecular formula is C12H18ClN3O. The number of amides is 1. The Hall–Kier alpha value is -1.13. The highest BCUT2D eigenvalue weighted by molar-refractivity contribution is 5.94. The van der Waals surface area contributed by atoms with Crippen LogP contribution in [0.2, 0.25) is 0 Å². The molecular weight excluding hydrogens is 238 g/mol. The topological polar surface area (TPSA) is 59.2 Å². The standard InChI is InChI=1S/C12H17N3O.ClH/c1-2-15(11-3-4-11)12(16)9-5-6-14-10(7-9)8-13;/h5-7,11H,2-4,8,13H2,1H3;1H. The van der Waals surface area contributed by atoms with Crippen LogP contribution in [0.3, 0.4) is 0 Å². The van der Waals surface area contributed by atoms with E-state index in [9.17, 15) is 4.79 Å². The Morgan fingerprint density at radius 3 is 2.82 bits per heavy atom. The van der Waals surface area contributed by atoms with Gasteiger partial charge in [0.2, 0.25) is 0 Å². The van der Waals surface area contributed by atoms with Crippen LogP contribution in [0.4, 0.5) is 0 Å². The van der Waals surface area contributed by atoms with Gasteiger partial charge in [0.25, 0.3) is 5.91 Å². The van der Waals surface area contributed by atoms with Crippen LogP contribution in [-0.4, -0.2) is 28.4 Å². The lowest BCUT2D eigenvalue weighted by Crippen LogP contribution is -2.32. The van der Waals surface area contributed by atoms with Gasteiger partial charge in [-0.05, 0) is 31.9 Å². The quantitative estimate of drug-likeness (QED) is 0.889. The van der Waals surface area contributed by atoms with Crippen molar-refractivity contribution >= 4 is 18.3 Å². The van der Waals surface area contributed by atoms with E-state index < -0.39 is 0 Å². The van der Waals surface area contributed by atoms with Crippen LogP contribution >= 0.6 is 12.4 Å². The van der Waals surface area contributed by atoms with Gasteiger partial charge in [0.15, 0.2) is 0 Å². The number of carbonyl (C=O) groups excluding carboxylic acids is 1. The van der Waals surface area contributed by atoms with Gasteiger partial charge in [0, 0.05) is 30.9 Å². The third kappa shape index (κ3) is 3.17. The molecule has 2 N–H and O–H groups in total. The summed E-state index contributed by atoms with van der Waals surface area (Å²) in [6, 6.07) is 3.99. The zero-order chi connectivity index (χ0) is 11.5. The number of hydrogen-bond donors (Lipinski definition) is 1. The summed E-state index contributed by atoms with van der Waals surface area (Å²) in [5.41, 5.74) is 6.97. The zero-order valence-electron chi connectivity index (χ0n) is 9.93. The maximum absolute atomic E-state index is 12.2. The number of carbonyl (C=O) groups is 1. The third-order valence-electron chi connectivity index (χ3n) is 2.86. The van der Waals surface area contributed by atoms with Gasteiger partial charge >= 0.3 is 0 Å². The van der Waals surface area contributed by atoms with E-state index in [0.29, 0.717) is 18.2 Å². The Labute approximate surface area is 108 Å². The first kappa shape index (κ1) is 13.9. The highest BCUT2D eigenvalue weighted by Gasteiger charge is 2.31. The molecule has 1 saturated carbocycles. The van der Waals surface area contributed by atoms with Gasteiger partial charge in [-0.2, -0.15) is 0 Å². The molecule has 4 nitrogen and oxygen atoms in total. The lowest BCUT2D eigenvalue weighted by Gasteiger charge is -2.20. The first-order valence-corrected chi connectivity index (χ1v) is 5.72. The molecule has 1 amide bonds. The largest absolute Gasteiger partial charge is 0.336 e. The minimum Gasteiger partial charge on any atom is -0.336 e. The van der Waals surface area contributed by atoms with E-state index in [1.807, 2.05) is 11.8 Å². The molecule has 0 radical (unpaired) electrons. The van der Waals surface area contributed by atoms with Gasteiger partial charge in [-0.1, -0.05) is 0 Å². The molecule has 5 heteroatoms. The second-order valence-corrected chi connectivity index (χ2v) is 4.06. The zero-order valence-corrected chi connectivity index (χ0v) is 10.7. The van der Waals surface area contributed by atoms with Gasteiger partial charge in [-0.25, -0.2) is 0 Å². The summed E-state index contributed by atoms with van der Waals surface area (Å²) < 4.78 is 0. The molecule has 1 fully saturated rings. The molecule has 0 atom stereocenters. The van der Waals surface area contributed by atoms with Crippen LogP contribution in [0.5, 0.6) is 0 Å². The summed E-state index contributed by atoms with van der Waals surface area (Å²) in [6.45, 7) is 3.15. The van der Waals surface area contributed by atoms with Crippen LogP contribution in [-0.2, 0) is 6.54 Å². The van der Waals surface area contributed by atoms with Gasteiger partial charge < -0.3 is 10.6 Å². The summed E-state index contributed by atoms with van der Waals surface area (Å²) in [5, 5.41) is 0. The number of halogens is 1. The number of nitrogens with zero attached hydrogens (tertiary/aromatic N) is 2. The number of rotatable bonds is 4.